The number of rotatable bonds is 6. The number of hydrogen-bond donors (Lipinski definition) is 2. The van der Waals surface area contributed by atoms with Gasteiger partial charge in [-0.25, -0.2) is 0 Å². The van der Waals surface area contributed by atoms with Gasteiger partial charge in [-0.3, -0.25) is 4.79 Å². The van der Waals surface area contributed by atoms with Crippen LogP contribution in [0.3, 0.4) is 0 Å². The minimum atomic E-state index is 0.241. The van der Waals surface area contributed by atoms with Crippen LogP contribution in [0.2, 0.25) is 0 Å². The fourth-order valence-corrected chi connectivity index (χ4v) is 2.74. The van der Waals surface area contributed by atoms with Gasteiger partial charge in [0.1, 0.15) is 0 Å². The van der Waals surface area contributed by atoms with E-state index in [0.717, 1.165) is 18.9 Å². The van der Waals surface area contributed by atoms with Crippen molar-refractivity contribution in [1.82, 2.24) is 10.6 Å². The van der Waals surface area contributed by atoms with Crippen molar-refractivity contribution in [3.05, 3.63) is 0 Å². The second-order valence-corrected chi connectivity index (χ2v) is 5.83. The Morgan fingerprint density at radius 2 is 2.18 bits per heavy atom. The highest BCUT2D eigenvalue weighted by Crippen LogP contribution is 2.33. The SMILES string of the molecule is CC(CC1CC1)NC(=O)CCC1CCCCN1. The Hall–Kier alpha value is -0.570. The summed E-state index contributed by atoms with van der Waals surface area (Å²) in [5, 5.41) is 6.61. The number of hydrogen-bond acceptors (Lipinski definition) is 2. The van der Waals surface area contributed by atoms with Gasteiger partial charge in [-0.1, -0.05) is 19.3 Å². The van der Waals surface area contributed by atoms with Gasteiger partial charge in [0.15, 0.2) is 0 Å². The first kappa shape index (κ1) is 12.9. The van der Waals surface area contributed by atoms with E-state index in [4.69, 9.17) is 0 Å². The third kappa shape index (κ3) is 5.07. The highest BCUT2D eigenvalue weighted by atomic mass is 16.1. The Labute approximate surface area is 105 Å². The van der Waals surface area contributed by atoms with E-state index < -0.39 is 0 Å². The first-order valence-corrected chi connectivity index (χ1v) is 7.27. The normalized spacial score (nSPS) is 26.5. The lowest BCUT2D eigenvalue weighted by atomic mass is 10.0. The number of carbonyl (C=O) groups excluding carboxylic acids is 1. The minimum absolute atomic E-state index is 0.241. The molecule has 2 rings (SSSR count). The van der Waals surface area contributed by atoms with Crippen molar-refractivity contribution in [2.75, 3.05) is 6.54 Å². The molecule has 0 aromatic heterocycles. The molecule has 1 saturated heterocycles. The topological polar surface area (TPSA) is 41.1 Å². The van der Waals surface area contributed by atoms with E-state index in [-0.39, 0.29) is 5.91 Å². The van der Waals surface area contributed by atoms with Gasteiger partial charge in [0.2, 0.25) is 5.91 Å². The van der Waals surface area contributed by atoms with E-state index in [1.165, 1.54) is 38.5 Å². The largest absolute Gasteiger partial charge is 0.354 e. The van der Waals surface area contributed by atoms with Gasteiger partial charge in [-0.15, -0.1) is 0 Å². The molecule has 0 bridgehead atoms. The smallest absolute Gasteiger partial charge is 0.220 e. The van der Waals surface area contributed by atoms with Crippen molar-refractivity contribution in [1.29, 1.82) is 0 Å². The summed E-state index contributed by atoms with van der Waals surface area (Å²) in [6, 6.07) is 0.947. The van der Waals surface area contributed by atoms with Gasteiger partial charge in [-0.05, 0) is 45.1 Å². The molecule has 2 N–H and O–H groups in total. The van der Waals surface area contributed by atoms with Gasteiger partial charge in [-0.2, -0.15) is 0 Å². The Bertz CT molecular complexity index is 245. The molecule has 2 fully saturated rings. The van der Waals surface area contributed by atoms with E-state index in [1.54, 1.807) is 0 Å². The van der Waals surface area contributed by atoms with Crippen molar-refractivity contribution >= 4 is 5.91 Å². The molecular weight excluding hydrogens is 212 g/mol. The zero-order valence-corrected chi connectivity index (χ0v) is 11.0. The summed E-state index contributed by atoms with van der Waals surface area (Å²) in [5.74, 6) is 1.14. The molecule has 3 heteroatoms. The summed E-state index contributed by atoms with van der Waals surface area (Å²) in [4.78, 5) is 11.8. The zero-order valence-electron chi connectivity index (χ0n) is 11.0. The first-order valence-electron chi connectivity index (χ1n) is 7.27. The predicted octanol–water partition coefficient (Wildman–Crippen LogP) is 2.21. The zero-order chi connectivity index (χ0) is 12.1. The van der Waals surface area contributed by atoms with Crippen LogP contribution in [0.1, 0.15) is 58.3 Å². The van der Waals surface area contributed by atoms with Crippen molar-refractivity contribution in [2.45, 2.75) is 70.4 Å². The molecule has 0 radical (unpaired) electrons. The van der Waals surface area contributed by atoms with E-state index in [0.29, 0.717) is 18.5 Å². The molecule has 17 heavy (non-hydrogen) atoms. The molecule has 1 heterocycles. The summed E-state index contributed by atoms with van der Waals surface area (Å²) >= 11 is 0. The lowest BCUT2D eigenvalue weighted by Crippen LogP contribution is -2.37. The molecule has 0 spiro atoms. The van der Waals surface area contributed by atoms with Crippen LogP contribution >= 0.6 is 0 Å². The highest BCUT2D eigenvalue weighted by molar-refractivity contribution is 5.76. The summed E-state index contributed by atoms with van der Waals surface area (Å²) in [6.45, 7) is 3.26. The number of nitrogens with one attached hydrogen (secondary N) is 2. The average molecular weight is 238 g/mol. The Balaban J connectivity index is 1.55. The van der Waals surface area contributed by atoms with Crippen molar-refractivity contribution in [3.63, 3.8) is 0 Å². The van der Waals surface area contributed by atoms with Crippen LogP contribution in [0.15, 0.2) is 0 Å². The lowest BCUT2D eigenvalue weighted by molar-refractivity contribution is -0.122. The van der Waals surface area contributed by atoms with Crippen molar-refractivity contribution in [3.8, 4) is 0 Å². The third-order valence-corrected chi connectivity index (χ3v) is 3.92. The standard InChI is InChI=1S/C14H26N2O/c1-11(10-12-5-6-12)16-14(17)8-7-13-4-2-3-9-15-13/h11-13,15H,2-10H2,1H3,(H,16,17). The fourth-order valence-electron chi connectivity index (χ4n) is 2.74. The van der Waals surface area contributed by atoms with Crippen LogP contribution in [-0.4, -0.2) is 24.5 Å². The van der Waals surface area contributed by atoms with Crippen LogP contribution in [0.5, 0.6) is 0 Å². The van der Waals surface area contributed by atoms with Crippen molar-refractivity contribution < 1.29 is 4.79 Å². The molecule has 0 aromatic carbocycles. The lowest BCUT2D eigenvalue weighted by Gasteiger charge is -2.23. The Morgan fingerprint density at radius 1 is 1.35 bits per heavy atom. The summed E-state index contributed by atoms with van der Waals surface area (Å²) in [6.07, 6.45) is 9.45. The molecule has 1 amide bonds. The van der Waals surface area contributed by atoms with Crippen molar-refractivity contribution in [2.24, 2.45) is 5.92 Å². The van der Waals surface area contributed by atoms with E-state index in [1.807, 2.05) is 0 Å². The monoisotopic (exact) mass is 238 g/mol. The molecule has 98 valence electrons. The molecule has 0 aromatic rings. The maximum Gasteiger partial charge on any atom is 0.220 e. The van der Waals surface area contributed by atoms with E-state index in [9.17, 15) is 4.79 Å². The number of carbonyl (C=O) groups is 1. The van der Waals surface area contributed by atoms with Crippen LogP contribution < -0.4 is 10.6 Å². The fraction of sp³-hybridized carbons (Fsp3) is 0.929. The van der Waals surface area contributed by atoms with Gasteiger partial charge in [0, 0.05) is 18.5 Å². The molecule has 1 aliphatic carbocycles. The van der Waals surface area contributed by atoms with Gasteiger partial charge in [0.05, 0.1) is 0 Å². The van der Waals surface area contributed by atoms with Gasteiger partial charge in [0.25, 0.3) is 0 Å². The predicted molar refractivity (Wildman–Crippen MR) is 69.8 cm³/mol. The average Bonchev–Trinajstić information content (AvgIpc) is 3.11. The maximum atomic E-state index is 11.8. The molecular formula is C14H26N2O. The Morgan fingerprint density at radius 3 is 2.82 bits per heavy atom. The highest BCUT2D eigenvalue weighted by Gasteiger charge is 2.24. The number of piperidine rings is 1. The second kappa shape index (κ2) is 6.39. The number of amides is 1. The Kier molecular flexibility index (Phi) is 4.84. The van der Waals surface area contributed by atoms with Crippen LogP contribution in [-0.2, 0) is 4.79 Å². The molecule has 2 unspecified atom stereocenters. The summed E-state index contributed by atoms with van der Waals surface area (Å²) in [5.41, 5.74) is 0. The molecule has 1 saturated carbocycles. The first-order chi connectivity index (χ1) is 8.24. The van der Waals surface area contributed by atoms with Crippen LogP contribution in [0.25, 0.3) is 0 Å². The molecule has 2 aliphatic rings. The molecule has 2 atom stereocenters. The van der Waals surface area contributed by atoms with E-state index >= 15 is 0 Å². The quantitative estimate of drug-likeness (QED) is 0.745. The molecule has 1 aliphatic heterocycles. The minimum Gasteiger partial charge on any atom is -0.354 e. The van der Waals surface area contributed by atoms with Gasteiger partial charge < -0.3 is 10.6 Å². The van der Waals surface area contributed by atoms with Crippen LogP contribution in [0, 0.1) is 5.92 Å². The maximum absolute atomic E-state index is 11.8. The van der Waals surface area contributed by atoms with Crippen LogP contribution in [0.4, 0.5) is 0 Å². The second-order valence-electron chi connectivity index (χ2n) is 5.83. The summed E-state index contributed by atoms with van der Waals surface area (Å²) in [7, 11) is 0. The molecule has 3 nitrogen and oxygen atoms in total. The van der Waals surface area contributed by atoms with Gasteiger partial charge >= 0.3 is 0 Å². The summed E-state index contributed by atoms with van der Waals surface area (Å²) < 4.78 is 0. The van der Waals surface area contributed by atoms with E-state index in [2.05, 4.69) is 17.6 Å². The third-order valence-electron chi connectivity index (χ3n) is 3.92.